The number of hydrogen-bond donors (Lipinski definition) is 1. The Morgan fingerprint density at radius 3 is 2.50 bits per heavy atom. The number of aliphatic hydroxyl groups excluding tert-OH is 1. The van der Waals surface area contributed by atoms with E-state index in [9.17, 15) is 9.90 Å². The van der Waals surface area contributed by atoms with Crippen LogP contribution in [0.3, 0.4) is 0 Å². The van der Waals surface area contributed by atoms with E-state index in [0.717, 1.165) is 82.0 Å². The van der Waals surface area contributed by atoms with Crippen LogP contribution in [0.2, 0.25) is 0 Å². The van der Waals surface area contributed by atoms with Crippen molar-refractivity contribution in [2.75, 3.05) is 52.5 Å². The Morgan fingerprint density at radius 2 is 1.72 bits per heavy atom. The summed E-state index contributed by atoms with van der Waals surface area (Å²) in [5, 5.41) is 10.8. The number of hydrogen-bond acceptors (Lipinski definition) is 6. The monoisotopic (exact) mass is 491 g/mol. The Morgan fingerprint density at radius 1 is 0.944 bits per heavy atom. The van der Waals surface area contributed by atoms with Gasteiger partial charge in [-0.2, -0.15) is 0 Å². The fourth-order valence-electron chi connectivity index (χ4n) is 6.07. The highest BCUT2D eigenvalue weighted by atomic mass is 16.5. The van der Waals surface area contributed by atoms with Crippen LogP contribution in [-0.4, -0.2) is 96.4 Å². The van der Waals surface area contributed by atoms with Crippen molar-refractivity contribution in [2.45, 2.75) is 50.5 Å². The standard InChI is InChI=1S/C29H37N3O4/c33-25(17-30-11-7-21-3-1-2-4-23(21)16-30)18-32-12-8-22-15-27(5-6-28(22)29(32)34)36-26-9-13-31(14-10-26)24-19-35-20-24/h1-6,15,24-26,33H,7-14,16-20H2. The van der Waals surface area contributed by atoms with Gasteiger partial charge in [0.25, 0.3) is 5.91 Å². The van der Waals surface area contributed by atoms with E-state index in [2.05, 4.69) is 40.1 Å². The third-order valence-corrected chi connectivity index (χ3v) is 8.27. The lowest BCUT2D eigenvalue weighted by molar-refractivity contribution is -0.0778. The quantitative estimate of drug-likeness (QED) is 0.642. The van der Waals surface area contributed by atoms with Crippen LogP contribution in [0.4, 0.5) is 0 Å². The van der Waals surface area contributed by atoms with E-state index in [1.165, 1.54) is 11.1 Å². The normalized spacial score (nSPS) is 22.6. The minimum atomic E-state index is -0.555. The first-order valence-corrected chi connectivity index (χ1v) is 13.5. The van der Waals surface area contributed by atoms with E-state index in [1.807, 2.05) is 17.0 Å². The maximum atomic E-state index is 13.2. The van der Waals surface area contributed by atoms with Crippen LogP contribution < -0.4 is 4.74 Å². The number of aliphatic hydroxyl groups is 1. The second-order valence-electron chi connectivity index (χ2n) is 10.8. The summed E-state index contributed by atoms with van der Waals surface area (Å²) >= 11 is 0. The molecule has 0 spiro atoms. The highest BCUT2D eigenvalue weighted by Crippen LogP contribution is 2.27. The summed E-state index contributed by atoms with van der Waals surface area (Å²) in [5.74, 6) is 0.882. The van der Waals surface area contributed by atoms with Crippen molar-refractivity contribution in [3.63, 3.8) is 0 Å². The van der Waals surface area contributed by atoms with Gasteiger partial charge in [-0.15, -0.1) is 0 Å². The van der Waals surface area contributed by atoms with Gasteiger partial charge in [0.2, 0.25) is 0 Å². The van der Waals surface area contributed by atoms with Gasteiger partial charge in [0.05, 0.1) is 25.4 Å². The van der Waals surface area contributed by atoms with Crippen LogP contribution >= 0.6 is 0 Å². The van der Waals surface area contributed by atoms with Gasteiger partial charge in [-0.1, -0.05) is 24.3 Å². The molecule has 7 nitrogen and oxygen atoms in total. The Bertz CT molecular complexity index is 1080. The molecule has 1 N–H and O–H groups in total. The van der Waals surface area contributed by atoms with Gasteiger partial charge in [0.15, 0.2) is 0 Å². The van der Waals surface area contributed by atoms with Gasteiger partial charge in [-0.05, 0) is 60.6 Å². The molecule has 0 aliphatic carbocycles. The van der Waals surface area contributed by atoms with Crippen LogP contribution in [0, 0.1) is 0 Å². The molecule has 6 rings (SSSR count). The summed E-state index contributed by atoms with van der Waals surface area (Å²) in [5.41, 5.74) is 4.55. The lowest BCUT2D eigenvalue weighted by Crippen LogP contribution is -2.52. The minimum Gasteiger partial charge on any atom is -0.490 e. The van der Waals surface area contributed by atoms with Crippen molar-refractivity contribution in [3.05, 3.63) is 64.7 Å². The summed E-state index contributed by atoms with van der Waals surface area (Å²) in [7, 11) is 0. The molecule has 0 aromatic heterocycles. The van der Waals surface area contributed by atoms with Crippen molar-refractivity contribution in [1.29, 1.82) is 0 Å². The van der Waals surface area contributed by atoms with E-state index in [-0.39, 0.29) is 12.0 Å². The molecule has 4 aliphatic heterocycles. The van der Waals surface area contributed by atoms with Crippen LogP contribution in [0.1, 0.15) is 39.9 Å². The number of fused-ring (bicyclic) bond motifs is 2. The molecule has 0 bridgehead atoms. The topological polar surface area (TPSA) is 65.5 Å². The fraction of sp³-hybridized carbons (Fsp3) is 0.552. The average Bonchev–Trinajstić information content (AvgIpc) is 2.86. The molecule has 4 heterocycles. The Labute approximate surface area is 213 Å². The van der Waals surface area contributed by atoms with Crippen LogP contribution in [0.25, 0.3) is 0 Å². The molecule has 2 fully saturated rings. The van der Waals surface area contributed by atoms with Crippen molar-refractivity contribution in [3.8, 4) is 5.75 Å². The summed E-state index contributed by atoms with van der Waals surface area (Å²) in [4.78, 5) is 19.8. The zero-order valence-electron chi connectivity index (χ0n) is 21.0. The molecule has 4 aliphatic rings. The number of nitrogens with zero attached hydrogens (tertiary/aromatic N) is 3. The molecule has 0 saturated carbocycles. The second-order valence-corrected chi connectivity index (χ2v) is 10.8. The first kappa shape index (κ1) is 23.9. The number of amides is 1. The van der Waals surface area contributed by atoms with E-state index in [4.69, 9.17) is 9.47 Å². The first-order chi connectivity index (χ1) is 17.6. The van der Waals surface area contributed by atoms with Crippen molar-refractivity contribution in [1.82, 2.24) is 14.7 Å². The zero-order valence-corrected chi connectivity index (χ0v) is 21.0. The fourth-order valence-corrected chi connectivity index (χ4v) is 6.07. The number of likely N-dealkylation sites (tertiary alicyclic amines) is 1. The minimum absolute atomic E-state index is 0.0156. The largest absolute Gasteiger partial charge is 0.490 e. The summed E-state index contributed by atoms with van der Waals surface area (Å²) in [6.07, 6.45) is 3.54. The third kappa shape index (κ3) is 5.16. The van der Waals surface area contributed by atoms with E-state index in [0.29, 0.717) is 25.7 Å². The highest BCUT2D eigenvalue weighted by Gasteiger charge is 2.31. The molecular formula is C29H37N3O4. The SMILES string of the molecule is O=C1c2ccc(OC3CCN(C4COC4)CC3)cc2CCN1CC(O)CN1CCc2ccccc2C1. The molecule has 36 heavy (non-hydrogen) atoms. The molecule has 2 aromatic carbocycles. The van der Waals surface area contributed by atoms with Gasteiger partial charge >= 0.3 is 0 Å². The van der Waals surface area contributed by atoms with Gasteiger partial charge in [-0.3, -0.25) is 14.6 Å². The number of carbonyl (C=O) groups is 1. The van der Waals surface area contributed by atoms with E-state index < -0.39 is 6.10 Å². The maximum absolute atomic E-state index is 13.2. The Balaban J connectivity index is 1.01. The number of ether oxygens (including phenoxy) is 2. The molecule has 1 atom stereocenters. The lowest BCUT2D eigenvalue weighted by Gasteiger charge is -2.41. The number of piperidine rings is 1. The van der Waals surface area contributed by atoms with E-state index in [1.54, 1.807) is 0 Å². The van der Waals surface area contributed by atoms with Crippen LogP contribution in [0.5, 0.6) is 5.75 Å². The van der Waals surface area contributed by atoms with Gasteiger partial charge in [-0.25, -0.2) is 0 Å². The Kier molecular flexibility index (Phi) is 6.98. The van der Waals surface area contributed by atoms with Crippen LogP contribution in [-0.2, 0) is 24.1 Å². The zero-order chi connectivity index (χ0) is 24.5. The summed E-state index contributed by atoms with van der Waals surface area (Å²) in [6.45, 7) is 7.26. The molecule has 1 unspecified atom stereocenters. The third-order valence-electron chi connectivity index (χ3n) is 8.27. The van der Waals surface area contributed by atoms with Crippen LogP contribution in [0.15, 0.2) is 42.5 Å². The molecule has 192 valence electrons. The predicted octanol–water partition coefficient (Wildman–Crippen LogP) is 2.35. The van der Waals surface area contributed by atoms with E-state index >= 15 is 0 Å². The van der Waals surface area contributed by atoms with Gasteiger partial charge < -0.3 is 19.5 Å². The second kappa shape index (κ2) is 10.5. The number of carbonyl (C=O) groups excluding carboxylic acids is 1. The van der Waals surface area contributed by atoms with Gasteiger partial charge in [0, 0.05) is 51.4 Å². The number of benzene rings is 2. The van der Waals surface area contributed by atoms with Crippen molar-refractivity contribution in [2.24, 2.45) is 0 Å². The lowest BCUT2D eigenvalue weighted by atomic mass is 9.97. The van der Waals surface area contributed by atoms with Crippen molar-refractivity contribution >= 4 is 5.91 Å². The van der Waals surface area contributed by atoms with Gasteiger partial charge in [0.1, 0.15) is 11.9 Å². The predicted molar refractivity (Wildman–Crippen MR) is 137 cm³/mol. The maximum Gasteiger partial charge on any atom is 0.254 e. The molecule has 7 heteroatoms. The molecule has 2 aromatic rings. The molecule has 2 saturated heterocycles. The Hall–Kier alpha value is -2.45. The number of rotatable bonds is 7. The smallest absolute Gasteiger partial charge is 0.254 e. The number of β-amino-alcohol motifs (C(OH)–C–C–N with tert-alkyl or cyclic N) is 1. The molecular weight excluding hydrogens is 454 g/mol. The van der Waals surface area contributed by atoms with Crippen molar-refractivity contribution < 1.29 is 19.4 Å². The molecule has 1 amide bonds. The first-order valence-electron chi connectivity index (χ1n) is 13.5. The summed E-state index contributed by atoms with van der Waals surface area (Å²) < 4.78 is 11.6. The summed E-state index contributed by atoms with van der Waals surface area (Å²) in [6, 6.07) is 15.0. The molecule has 0 radical (unpaired) electrons. The average molecular weight is 492 g/mol. The highest BCUT2D eigenvalue weighted by molar-refractivity contribution is 5.97.